The van der Waals surface area contributed by atoms with Crippen molar-refractivity contribution in [3.63, 3.8) is 0 Å². The van der Waals surface area contributed by atoms with Crippen LogP contribution < -0.4 is 10.1 Å². The third-order valence-corrected chi connectivity index (χ3v) is 6.59. The summed E-state index contributed by atoms with van der Waals surface area (Å²) < 4.78 is 43.8. The summed E-state index contributed by atoms with van der Waals surface area (Å²) in [6, 6.07) is 4.45. The number of amides is 2. The standard InChI is InChI=1S/C25H36F3N3O4/c1-16-12-31(17(2)15-32)24(34)11-19-10-20(29-23(33)8-9-25(26,27)28)6-7-21(19)35-22(16)14-30(3)13-18-4-5-18/h6-7,10,16-18,22,32H,4-5,8-9,11-15H2,1-3H3,(H,29,33)/t16-,17+,22-/m0/s1. The Bertz CT molecular complexity index is 891. The summed E-state index contributed by atoms with van der Waals surface area (Å²) in [6.45, 7) is 5.72. The smallest absolute Gasteiger partial charge is 0.389 e. The lowest BCUT2D eigenvalue weighted by molar-refractivity contribution is -0.142. The molecule has 1 aliphatic heterocycles. The van der Waals surface area contributed by atoms with Crippen molar-refractivity contribution < 1.29 is 32.6 Å². The van der Waals surface area contributed by atoms with E-state index in [1.54, 1.807) is 30.0 Å². The number of benzene rings is 1. The van der Waals surface area contributed by atoms with Crippen molar-refractivity contribution in [2.75, 3.05) is 38.6 Å². The van der Waals surface area contributed by atoms with Crippen LogP contribution in [0, 0.1) is 11.8 Å². The number of hydrogen-bond donors (Lipinski definition) is 2. The van der Waals surface area contributed by atoms with Crippen LogP contribution in [0.2, 0.25) is 0 Å². The molecule has 0 unspecified atom stereocenters. The average molecular weight is 500 g/mol. The molecule has 1 saturated carbocycles. The van der Waals surface area contributed by atoms with Crippen LogP contribution in [0.5, 0.6) is 5.75 Å². The van der Waals surface area contributed by atoms with E-state index in [1.165, 1.54) is 12.8 Å². The molecular formula is C25H36F3N3O4. The molecule has 10 heteroatoms. The van der Waals surface area contributed by atoms with Crippen LogP contribution in [0.15, 0.2) is 18.2 Å². The minimum Gasteiger partial charge on any atom is -0.488 e. The van der Waals surface area contributed by atoms with Gasteiger partial charge in [-0.2, -0.15) is 13.2 Å². The molecule has 2 aliphatic rings. The fourth-order valence-corrected chi connectivity index (χ4v) is 4.33. The van der Waals surface area contributed by atoms with Crippen LogP contribution in [0.25, 0.3) is 0 Å². The number of aliphatic hydroxyl groups is 1. The molecule has 1 heterocycles. The van der Waals surface area contributed by atoms with Crippen LogP contribution in [-0.2, 0) is 16.0 Å². The lowest BCUT2D eigenvalue weighted by Gasteiger charge is -2.34. The largest absolute Gasteiger partial charge is 0.488 e. The van der Waals surface area contributed by atoms with Crippen LogP contribution in [0.4, 0.5) is 18.9 Å². The first-order valence-electron chi connectivity index (χ1n) is 12.2. The molecule has 3 rings (SSSR count). The van der Waals surface area contributed by atoms with E-state index in [-0.39, 0.29) is 37.0 Å². The van der Waals surface area contributed by atoms with E-state index in [2.05, 4.69) is 17.3 Å². The summed E-state index contributed by atoms with van der Waals surface area (Å²) in [5.74, 6) is 0.288. The van der Waals surface area contributed by atoms with Crippen molar-refractivity contribution in [3.8, 4) is 5.75 Å². The molecule has 1 aliphatic carbocycles. The SMILES string of the molecule is C[C@H](CO)N1C[C@H](C)[C@H](CN(C)CC2CC2)Oc2ccc(NC(=O)CCC(F)(F)F)cc2CC1=O. The Balaban J connectivity index is 1.82. The molecule has 0 radical (unpaired) electrons. The second kappa shape index (κ2) is 11.6. The molecular weight excluding hydrogens is 463 g/mol. The van der Waals surface area contributed by atoms with Gasteiger partial charge in [0.1, 0.15) is 11.9 Å². The highest BCUT2D eigenvalue weighted by atomic mass is 19.4. The Morgan fingerprint density at radius 2 is 2.03 bits per heavy atom. The Hall–Kier alpha value is -2.33. The van der Waals surface area contributed by atoms with Crippen molar-refractivity contribution in [2.24, 2.45) is 11.8 Å². The number of ether oxygens (including phenoxy) is 1. The van der Waals surface area contributed by atoms with E-state index in [1.807, 2.05) is 6.92 Å². The summed E-state index contributed by atoms with van der Waals surface area (Å²) in [6.07, 6.45) is -4.04. The van der Waals surface area contributed by atoms with E-state index in [0.29, 0.717) is 30.1 Å². The summed E-state index contributed by atoms with van der Waals surface area (Å²) in [5.41, 5.74) is 0.853. The molecule has 1 fully saturated rings. The topological polar surface area (TPSA) is 82.1 Å². The Morgan fingerprint density at radius 1 is 1.31 bits per heavy atom. The number of anilines is 1. The third kappa shape index (κ3) is 8.38. The quantitative estimate of drug-likeness (QED) is 0.544. The minimum atomic E-state index is -4.41. The first-order valence-corrected chi connectivity index (χ1v) is 12.2. The second-order valence-corrected chi connectivity index (χ2v) is 10.0. The van der Waals surface area contributed by atoms with Crippen molar-refractivity contribution in [1.29, 1.82) is 0 Å². The summed E-state index contributed by atoms with van der Waals surface area (Å²) in [5, 5.41) is 12.2. The molecule has 1 aromatic rings. The van der Waals surface area contributed by atoms with Gasteiger partial charge in [0.25, 0.3) is 0 Å². The number of halogens is 3. The van der Waals surface area contributed by atoms with Gasteiger partial charge in [-0.15, -0.1) is 0 Å². The maximum atomic E-state index is 13.2. The van der Waals surface area contributed by atoms with Crippen LogP contribution in [0.1, 0.15) is 45.1 Å². The number of likely N-dealkylation sites (N-methyl/N-ethyl adjacent to an activating group) is 1. The molecule has 2 N–H and O–H groups in total. The predicted molar refractivity (Wildman–Crippen MR) is 126 cm³/mol. The number of carbonyl (C=O) groups is 2. The molecule has 1 aromatic carbocycles. The van der Waals surface area contributed by atoms with Crippen molar-refractivity contribution in [1.82, 2.24) is 9.80 Å². The molecule has 35 heavy (non-hydrogen) atoms. The van der Waals surface area contributed by atoms with E-state index in [4.69, 9.17) is 4.74 Å². The van der Waals surface area contributed by atoms with E-state index >= 15 is 0 Å². The highest BCUT2D eigenvalue weighted by Gasteiger charge is 2.32. The Labute approximate surface area is 204 Å². The second-order valence-electron chi connectivity index (χ2n) is 10.0. The number of nitrogens with one attached hydrogen (secondary N) is 1. The normalized spacial score (nSPS) is 22.1. The van der Waals surface area contributed by atoms with Gasteiger partial charge in [-0.25, -0.2) is 0 Å². The number of hydrogen-bond acceptors (Lipinski definition) is 5. The summed E-state index contributed by atoms with van der Waals surface area (Å²) >= 11 is 0. The minimum absolute atomic E-state index is 0.0106. The third-order valence-electron chi connectivity index (χ3n) is 6.59. The van der Waals surface area contributed by atoms with Gasteiger partial charge in [0.2, 0.25) is 11.8 Å². The molecule has 3 atom stereocenters. The first kappa shape index (κ1) is 27.3. The summed E-state index contributed by atoms with van der Waals surface area (Å²) in [7, 11) is 2.06. The molecule has 0 spiro atoms. The van der Waals surface area contributed by atoms with Crippen LogP contribution in [-0.4, -0.2) is 78.3 Å². The Kier molecular flexibility index (Phi) is 9.04. The highest BCUT2D eigenvalue weighted by Crippen LogP contribution is 2.32. The van der Waals surface area contributed by atoms with Gasteiger partial charge >= 0.3 is 6.18 Å². The zero-order valence-electron chi connectivity index (χ0n) is 20.6. The number of fused-ring (bicyclic) bond motifs is 1. The number of alkyl halides is 3. The fourth-order valence-electron chi connectivity index (χ4n) is 4.33. The zero-order chi connectivity index (χ0) is 25.8. The maximum Gasteiger partial charge on any atom is 0.389 e. The summed E-state index contributed by atoms with van der Waals surface area (Å²) in [4.78, 5) is 29.1. The van der Waals surface area contributed by atoms with Gasteiger partial charge in [0.15, 0.2) is 0 Å². The zero-order valence-corrected chi connectivity index (χ0v) is 20.6. The monoisotopic (exact) mass is 499 g/mol. The first-order chi connectivity index (χ1) is 16.4. The van der Waals surface area contributed by atoms with E-state index in [9.17, 15) is 27.9 Å². The number of nitrogens with zero attached hydrogens (tertiary/aromatic N) is 2. The van der Waals surface area contributed by atoms with Gasteiger partial charge in [0, 0.05) is 43.2 Å². The lowest BCUT2D eigenvalue weighted by Crippen LogP contribution is -2.47. The number of rotatable bonds is 9. The predicted octanol–water partition coefficient (Wildman–Crippen LogP) is 3.46. The van der Waals surface area contributed by atoms with Gasteiger partial charge in [0.05, 0.1) is 25.5 Å². The van der Waals surface area contributed by atoms with Crippen molar-refractivity contribution in [3.05, 3.63) is 23.8 Å². The molecule has 0 aromatic heterocycles. The molecule has 0 bridgehead atoms. The molecule has 2 amide bonds. The van der Waals surface area contributed by atoms with E-state index in [0.717, 1.165) is 12.5 Å². The average Bonchev–Trinajstić information content (AvgIpc) is 3.58. The molecule has 7 nitrogen and oxygen atoms in total. The van der Waals surface area contributed by atoms with Crippen LogP contribution in [0.3, 0.4) is 0 Å². The molecule has 0 saturated heterocycles. The van der Waals surface area contributed by atoms with Gasteiger partial charge in [-0.05, 0) is 50.9 Å². The van der Waals surface area contributed by atoms with Gasteiger partial charge in [-0.3, -0.25) is 9.59 Å². The van der Waals surface area contributed by atoms with Crippen LogP contribution >= 0.6 is 0 Å². The van der Waals surface area contributed by atoms with Gasteiger partial charge in [-0.1, -0.05) is 6.92 Å². The lowest BCUT2D eigenvalue weighted by atomic mass is 10.0. The number of carbonyl (C=O) groups excluding carboxylic acids is 2. The Morgan fingerprint density at radius 3 is 2.66 bits per heavy atom. The van der Waals surface area contributed by atoms with Crippen molar-refractivity contribution in [2.45, 2.75) is 64.3 Å². The number of aliphatic hydroxyl groups excluding tert-OH is 1. The highest BCUT2D eigenvalue weighted by molar-refractivity contribution is 5.91. The fraction of sp³-hybridized carbons (Fsp3) is 0.680. The van der Waals surface area contributed by atoms with Crippen molar-refractivity contribution >= 4 is 17.5 Å². The van der Waals surface area contributed by atoms with E-state index < -0.39 is 24.9 Å². The molecule has 196 valence electrons. The van der Waals surface area contributed by atoms with Gasteiger partial charge < -0.3 is 25.0 Å². The maximum absolute atomic E-state index is 13.2.